The van der Waals surface area contributed by atoms with E-state index in [1.165, 1.54) is 18.5 Å². The van der Waals surface area contributed by atoms with E-state index < -0.39 is 4.92 Å². The molecular weight excluding hydrogens is 410 g/mol. The second-order valence-corrected chi connectivity index (χ2v) is 7.35. The van der Waals surface area contributed by atoms with E-state index in [0.717, 1.165) is 0 Å². The highest BCUT2D eigenvalue weighted by molar-refractivity contribution is 6.32. The first-order valence-corrected chi connectivity index (χ1v) is 9.64. The van der Waals surface area contributed by atoms with Crippen LogP contribution in [0.2, 0.25) is 0 Å². The maximum Gasteiger partial charge on any atom is 0.269 e. The number of hydrogen-bond donors (Lipinski definition) is 0. The van der Waals surface area contributed by atoms with Crippen LogP contribution >= 0.6 is 0 Å². The van der Waals surface area contributed by atoms with Crippen molar-refractivity contribution in [3.63, 3.8) is 0 Å². The van der Waals surface area contributed by atoms with E-state index in [4.69, 9.17) is 0 Å². The Bertz CT molecular complexity index is 1640. The van der Waals surface area contributed by atoms with E-state index in [0.29, 0.717) is 44.6 Å². The average molecular weight is 421 g/mol. The number of nitro groups is 1. The molecule has 0 radical (unpaired) electrons. The number of ketones is 2. The van der Waals surface area contributed by atoms with Crippen LogP contribution in [0.25, 0.3) is 27.9 Å². The van der Waals surface area contributed by atoms with Crippen LogP contribution < -0.4 is 0 Å². The van der Waals surface area contributed by atoms with Crippen LogP contribution in [0.1, 0.15) is 31.8 Å². The molecule has 0 atom stereocenters. The monoisotopic (exact) mass is 421 g/mol. The van der Waals surface area contributed by atoms with E-state index in [9.17, 15) is 19.7 Å². The van der Waals surface area contributed by atoms with Crippen LogP contribution in [0.5, 0.6) is 0 Å². The number of carbonyl (C=O) groups is 2. The lowest BCUT2D eigenvalue weighted by molar-refractivity contribution is -0.384. The van der Waals surface area contributed by atoms with E-state index in [2.05, 4.69) is 15.2 Å². The zero-order chi connectivity index (χ0) is 22.0. The van der Waals surface area contributed by atoms with Gasteiger partial charge >= 0.3 is 0 Å². The molecule has 0 saturated heterocycles. The van der Waals surface area contributed by atoms with Crippen LogP contribution in [-0.2, 0) is 0 Å². The minimum Gasteiger partial charge on any atom is -0.289 e. The largest absolute Gasteiger partial charge is 0.289 e. The summed E-state index contributed by atoms with van der Waals surface area (Å²) in [6, 6.07) is 16.0. The molecule has 6 rings (SSSR count). The SMILES string of the molecule is O=C1c2ccccc2C(=O)c2c1ccc1c2ncn2c(-c3ccc([N+](=O)[O-])cc3)nnc12. The molecule has 0 aliphatic heterocycles. The van der Waals surface area contributed by atoms with Crippen LogP contribution in [0.15, 0.2) is 67.0 Å². The van der Waals surface area contributed by atoms with E-state index in [-0.39, 0.29) is 22.8 Å². The molecular formula is C23H11N5O4. The lowest BCUT2D eigenvalue weighted by Gasteiger charge is -2.18. The fourth-order valence-corrected chi connectivity index (χ4v) is 4.11. The number of benzene rings is 3. The highest BCUT2D eigenvalue weighted by atomic mass is 16.6. The predicted molar refractivity (Wildman–Crippen MR) is 114 cm³/mol. The number of non-ortho nitro benzene ring substituents is 1. The second-order valence-electron chi connectivity index (χ2n) is 7.35. The predicted octanol–water partition coefficient (Wildman–Crippen LogP) is 3.63. The van der Waals surface area contributed by atoms with Crippen molar-refractivity contribution in [2.24, 2.45) is 0 Å². The van der Waals surface area contributed by atoms with Gasteiger partial charge in [-0.3, -0.25) is 24.1 Å². The Labute approximate surface area is 179 Å². The molecule has 9 nitrogen and oxygen atoms in total. The fourth-order valence-electron chi connectivity index (χ4n) is 4.11. The highest BCUT2D eigenvalue weighted by Gasteiger charge is 2.32. The van der Waals surface area contributed by atoms with Gasteiger partial charge in [0.25, 0.3) is 5.69 Å². The van der Waals surface area contributed by atoms with E-state index >= 15 is 0 Å². The molecule has 0 saturated carbocycles. The number of hydrogen-bond acceptors (Lipinski definition) is 7. The molecule has 9 heteroatoms. The van der Waals surface area contributed by atoms with E-state index in [1.54, 1.807) is 52.9 Å². The average Bonchev–Trinajstić information content (AvgIpc) is 3.26. The van der Waals surface area contributed by atoms with Gasteiger partial charge in [-0.05, 0) is 24.3 Å². The van der Waals surface area contributed by atoms with Crippen LogP contribution in [0, 0.1) is 10.1 Å². The normalized spacial score (nSPS) is 12.8. The number of carbonyl (C=O) groups excluding carboxylic acids is 2. The quantitative estimate of drug-likeness (QED) is 0.309. The summed E-state index contributed by atoms with van der Waals surface area (Å²) in [6.45, 7) is 0. The van der Waals surface area contributed by atoms with Gasteiger partial charge in [0.1, 0.15) is 6.33 Å². The van der Waals surface area contributed by atoms with Gasteiger partial charge in [-0.15, -0.1) is 10.2 Å². The molecule has 1 aliphatic carbocycles. The van der Waals surface area contributed by atoms with Crippen molar-refractivity contribution in [2.75, 3.05) is 0 Å². The third-order valence-corrected chi connectivity index (χ3v) is 5.64. The van der Waals surface area contributed by atoms with Gasteiger partial charge in [-0.1, -0.05) is 24.3 Å². The van der Waals surface area contributed by atoms with Crippen molar-refractivity contribution in [1.29, 1.82) is 0 Å². The third kappa shape index (κ3) is 2.36. The number of fused-ring (bicyclic) bond motifs is 6. The van der Waals surface area contributed by atoms with Crippen molar-refractivity contribution >= 4 is 33.8 Å². The molecule has 2 aromatic heterocycles. The van der Waals surface area contributed by atoms with Gasteiger partial charge in [0.05, 0.1) is 16.0 Å². The van der Waals surface area contributed by atoms with Crippen molar-refractivity contribution in [3.05, 3.63) is 99.4 Å². The first kappa shape index (κ1) is 18.0. The van der Waals surface area contributed by atoms with Gasteiger partial charge in [-0.2, -0.15) is 0 Å². The molecule has 2 heterocycles. The molecule has 1 aliphatic rings. The van der Waals surface area contributed by atoms with Crippen LogP contribution in [-0.4, -0.2) is 36.1 Å². The topological polar surface area (TPSA) is 120 Å². The summed E-state index contributed by atoms with van der Waals surface area (Å²) < 4.78 is 1.65. The van der Waals surface area contributed by atoms with Crippen molar-refractivity contribution in [3.8, 4) is 11.4 Å². The van der Waals surface area contributed by atoms with Gasteiger partial charge < -0.3 is 0 Å². The molecule has 0 spiro atoms. The first-order valence-electron chi connectivity index (χ1n) is 9.64. The molecule has 0 unspecified atom stereocenters. The lowest BCUT2D eigenvalue weighted by Crippen LogP contribution is -2.21. The van der Waals surface area contributed by atoms with Gasteiger partial charge in [0.15, 0.2) is 23.0 Å². The minimum atomic E-state index is -0.472. The zero-order valence-electron chi connectivity index (χ0n) is 16.2. The number of nitrogens with zero attached hydrogens (tertiary/aromatic N) is 5. The Balaban J connectivity index is 1.56. The number of nitro benzene ring substituents is 1. The molecule has 5 aromatic rings. The van der Waals surface area contributed by atoms with Crippen molar-refractivity contribution < 1.29 is 14.5 Å². The third-order valence-electron chi connectivity index (χ3n) is 5.64. The minimum absolute atomic E-state index is 0.0266. The number of rotatable bonds is 2. The Morgan fingerprint density at radius 1 is 0.812 bits per heavy atom. The van der Waals surface area contributed by atoms with Crippen molar-refractivity contribution in [2.45, 2.75) is 0 Å². The van der Waals surface area contributed by atoms with Gasteiger partial charge in [-0.25, -0.2) is 4.98 Å². The van der Waals surface area contributed by atoms with Crippen molar-refractivity contribution in [1.82, 2.24) is 19.6 Å². The second kappa shape index (κ2) is 6.35. The molecule has 0 bridgehead atoms. The maximum atomic E-state index is 13.2. The molecule has 0 amide bonds. The summed E-state index contributed by atoms with van der Waals surface area (Å²) in [4.78, 5) is 41.1. The van der Waals surface area contributed by atoms with Gasteiger partial charge in [0, 0.05) is 39.8 Å². The van der Waals surface area contributed by atoms with Crippen LogP contribution in [0.3, 0.4) is 0 Å². The molecule has 32 heavy (non-hydrogen) atoms. The Hall–Kier alpha value is -4.79. The zero-order valence-corrected chi connectivity index (χ0v) is 16.2. The summed E-state index contributed by atoms with van der Waals surface area (Å²) in [7, 11) is 0. The summed E-state index contributed by atoms with van der Waals surface area (Å²) in [5, 5.41) is 20.0. The lowest BCUT2D eigenvalue weighted by atomic mass is 9.83. The highest BCUT2D eigenvalue weighted by Crippen LogP contribution is 2.33. The Morgan fingerprint density at radius 2 is 1.53 bits per heavy atom. The summed E-state index contributed by atoms with van der Waals surface area (Å²) >= 11 is 0. The molecule has 0 fully saturated rings. The maximum absolute atomic E-state index is 13.2. The molecule has 3 aromatic carbocycles. The summed E-state index contributed by atoms with van der Waals surface area (Å²) in [5.41, 5.74) is 2.75. The van der Waals surface area contributed by atoms with E-state index in [1.807, 2.05) is 0 Å². The summed E-state index contributed by atoms with van der Waals surface area (Å²) in [5.74, 6) is -0.0191. The molecule has 0 N–H and O–H groups in total. The smallest absolute Gasteiger partial charge is 0.269 e. The standard InChI is InChI=1S/C23H11N5O4/c29-20-14-3-1-2-4-15(14)21(30)18-16(20)9-10-17-19(18)24-11-27-22(25-26-23(17)27)12-5-7-13(8-6-12)28(31)32/h1-11H. The Morgan fingerprint density at radius 3 is 2.25 bits per heavy atom. The Kier molecular flexibility index (Phi) is 3.58. The number of aromatic nitrogens is 4. The fraction of sp³-hybridized carbons (Fsp3) is 0. The summed E-state index contributed by atoms with van der Waals surface area (Å²) in [6.07, 6.45) is 1.49. The van der Waals surface area contributed by atoms with Crippen LogP contribution in [0.4, 0.5) is 5.69 Å². The molecule has 152 valence electrons. The van der Waals surface area contributed by atoms with Gasteiger partial charge in [0.2, 0.25) is 0 Å². The first-order chi connectivity index (χ1) is 15.5.